The summed E-state index contributed by atoms with van der Waals surface area (Å²) < 4.78 is 0. The van der Waals surface area contributed by atoms with Gasteiger partial charge < -0.3 is 5.11 Å². The van der Waals surface area contributed by atoms with Crippen molar-refractivity contribution in [3.8, 4) is 0 Å². The molecule has 1 atom stereocenters. The minimum absolute atomic E-state index is 0.481. The van der Waals surface area contributed by atoms with E-state index in [1.165, 1.54) is 0 Å². The molecule has 0 aliphatic carbocycles. The van der Waals surface area contributed by atoms with E-state index in [9.17, 15) is 5.11 Å². The number of hydrogen-bond acceptors (Lipinski definition) is 2. The van der Waals surface area contributed by atoms with Gasteiger partial charge in [-0.25, -0.2) is 0 Å². The molecule has 0 saturated carbocycles. The minimum atomic E-state index is -0.481. The van der Waals surface area contributed by atoms with Crippen LogP contribution in [0.3, 0.4) is 0 Å². The van der Waals surface area contributed by atoms with Crippen LogP contribution in [-0.2, 0) is 0 Å². The number of benzene rings is 2. The Bertz CT molecular complexity index is 516. The Morgan fingerprint density at radius 1 is 1.00 bits per heavy atom. The summed E-state index contributed by atoms with van der Waals surface area (Å²) in [5.74, 6) is 0.585. The van der Waals surface area contributed by atoms with Gasteiger partial charge in [-0.05, 0) is 23.8 Å². The predicted octanol–water partition coefficient (Wildman–Crippen LogP) is 4.82. The lowest BCUT2D eigenvalue weighted by Crippen LogP contribution is -1.99. The van der Waals surface area contributed by atoms with Gasteiger partial charge in [0.15, 0.2) is 0 Å². The molecule has 0 heterocycles. The molecule has 94 valence electrons. The monoisotopic (exact) mass is 298 g/mol. The molecule has 1 N–H and O–H groups in total. The van der Waals surface area contributed by atoms with E-state index in [0.29, 0.717) is 15.8 Å². The van der Waals surface area contributed by atoms with Gasteiger partial charge in [-0.3, -0.25) is 0 Å². The minimum Gasteiger partial charge on any atom is -0.388 e. The molecule has 2 aromatic rings. The first-order chi connectivity index (χ1) is 8.66. The van der Waals surface area contributed by atoms with Crippen molar-refractivity contribution in [2.45, 2.75) is 11.0 Å². The van der Waals surface area contributed by atoms with Gasteiger partial charge >= 0.3 is 0 Å². The molecule has 0 saturated heterocycles. The fraction of sp³-hybridized carbons (Fsp3) is 0.143. The van der Waals surface area contributed by atoms with E-state index >= 15 is 0 Å². The number of aliphatic hydroxyl groups is 1. The van der Waals surface area contributed by atoms with Crippen molar-refractivity contribution in [3.63, 3.8) is 0 Å². The molecule has 4 heteroatoms. The van der Waals surface area contributed by atoms with Crippen LogP contribution >= 0.6 is 35.0 Å². The van der Waals surface area contributed by atoms with Gasteiger partial charge in [-0.15, -0.1) is 11.8 Å². The number of rotatable bonds is 4. The standard InChI is InChI=1S/C14H12Cl2OS/c15-12-7-6-11(8-13(12)16)18-9-14(17)10-4-2-1-3-5-10/h1-8,14,17H,9H2. The third-order valence-electron chi connectivity index (χ3n) is 2.48. The maximum Gasteiger partial charge on any atom is 0.0883 e. The largest absolute Gasteiger partial charge is 0.388 e. The van der Waals surface area contributed by atoms with Gasteiger partial charge in [-0.1, -0.05) is 53.5 Å². The second kappa shape index (κ2) is 6.48. The summed E-state index contributed by atoms with van der Waals surface area (Å²) in [6.07, 6.45) is -0.481. The van der Waals surface area contributed by atoms with E-state index in [0.717, 1.165) is 10.5 Å². The highest BCUT2D eigenvalue weighted by molar-refractivity contribution is 7.99. The Morgan fingerprint density at radius 3 is 2.39 bits per heavy atom. The fourth-order valence-corrected chi connectivity index (χ4v) is 2.78. The molecule has 2 aromatic carbocycles. The van der Waals surface area contributed by atoms with E-state index < -0.39 is 6.10 Å². The van der Waals surface area contributed by atoms with Crippen molar-refractivity contribution in [1.82, 2.24) is 0 Å². The molecule has 0 amide bonds. The zero-order valence-corrected chi connectivity index (χ0v) is 11.8. The smallest absolute Gasteiger partial charge is 0.0883 e. The second-order valence-electron chi connectivity index (χ2n) is 3.81. The molecule has 0 aliphatic rings. The summed E-state index contributed by atoms with van der Waals surface area (Å²) in [7, 11) is 0. The van der Waals surface area contributed by atoms with Crippen LogP contribution < -0.4 is 0 Å². The van der Waals surface area contributed by atoms with E-state index in [1.54, 1.807) is 17.8 Å². The van der Waals surface area contributed by atoms with Gasteiger partial charge in [0, 0.05) is 10.6 Å². The highest BCUT2D eigenvalue weighted by Crippen LogP contribution is 2.30. The first kappa shape index (κ1) is 13.8. The van der Waals surface area contributed by atoms with Crippen molar-refractivity contribution < 1.29 is 5.11 Å². The number of aliphatic hydroxyl groups excluding tert-OH is 1. The third-order valence-corrected chi connectivity index (χ3v) is 4.29. The van der Waals surface area contributed by atoms with Gasteiger partial charge in [0.05, 0.1) is 16.1 Å². The summed E-state index contributed by atoms with van der Waals surface area (Å²) in [4.78, 5) is 0.999. The van der Waals surface area contributed by atoms with Crippen LogP contribution in [0.5, 0.6) is 0 Å². The molecule has 1 nitrogen and oxygen atoms in total. The fourth-order valence-electron chi connectivity index (χ4n) is 1.51. The number of hydrogen-bond donors (Lipinski definition) is 1. The van der Waals surface area contributed by atoms with Crippen molar-refractivity contribution in [1.29, 1.82) is 0 Å². The van der Waals surface area contributed by atoms with Crippen LogP contribution in [0.4, 0.5) is 0 Å². The summed E-state index contributed by atoms with van der Waals surface area (Å²) in [6.45, 7) is 0. The maximum absolute atomic E-state index is 10.0. The molecule has 2 rings (SSSR count). The second-order valence-corrected chi connectivity index (χ2v) is 5.72. The molecule has 0 aromatic heterocycles. The van der Waals surface area contributed by atoms with Crippen molar-refractivity contribution >= 4 is 35.0 Å². The molecular weight excluding hydrogens is 287 g/mol. The van der Waals surface area contributed by atoms with Gasteiger partial charge in [0.1, 0.15) is 0 Å². The first-order valence-corrected chi connectivity index (χ1v) is 7.22. The SMILES string of the molecule is OC(CSc1ccc(Cl)c(Cl)c1)c1ccccc1. The van der Waals surface area contributed by atoms with Crippen LogP contribution in [0.2, 0.25) is 10.0 Å². The molecule has 0 fully saturated rings. The van der Waals surface area contributed by atoms with Gasteiger partial charge in [0.2, 0.25) is 0 Å². The highest BCUT2D eigenvalue weighted by atomic mass is 35.5. The van der Waals surface area contributed by atoms with Crippen LogP contribution in [-0.4, -0.2) is 10.9 Å². The Morgan fingerprint density at radius 2 is 1.72 bits per heavy atom. The number of halogens is 2. The zero-order chi connectivity index (χ0) is 13.0. The summed E-state index contributed by atoms with van der Waals surface area (Å²) in [5.41, 5.74) is 0.921. The molecule has 1 unspecified atom stereocenters. The Balaban J connectivity index is 1.97. The van der Waals surface area contributed by atoms with Crippen LogP contribution in [0.15, 0.2) is 53.4 Å². The number of thioether (sulfide) groups is 1. The van der Waals surface area contributed by atoms with Gasteiger partial charge in [0.25, 0.3) is 0 Å². The maximum atomic E-state index is 10.0. The Labute approximate surface area is 121 Å². The molecule has 0 bridgehead atoms. The normalized spacial score (nSPS) is 12.4. The Hall–Kier alpha value is -0.670. The lowest BCUT2D eigenvalue weighted by Gasteiger charge is -2.10. The van der Waals surface area contributed by atoms with E-state index in [4.69, 9.17) is 23.2 Å². The molecule has 0 spiro atoms. The zero-order valence-electron chi connectivity index (χ0n) is 9.51. The van der Waals surface area contributed by atoms with Crippen LogP contribution in [0.1, 0.15) is 11.7 Å². The predicted molar refractivity (Wildman–Crippen MR) is 78.6 cm³/mol. The molecule has 0 aliphatic heterocycles. The van der Waals surface area contributed by atoms with Gasteiger partial charge in [-0.2, -0.15) is 0 Å². The topological polar surface area (TPSA) is 20.2 Å². The van der Waals surface area contributed by atoms with E-state index in [2.05, 4.69) is 0 Å². The van der Waals surface area contributed by atoms with Crippen molar-refractivity contribution in [3.05, 3.63) is 64.1 Å². The average Bonchev–Trinajstić information content (AvgIpc) is 2.41. The summed E-state index contributed by atoms with van der Waals surface area (Å²) >= 11 is 13.3. The molecular formula is C14H12Cl2OS. The summed E-state index contributed by atoms with van der Waals surface area (Å²) in [6, 6.07) is 15.1. The highest BCUT2D eigenvalue weighted by Gasteiger charge is 2.08. The van der Waals surface area contributed by atoms with Crippen molar-refractivity contribution in [2.24, 2.45) is 0 Å². The molecule has 0 radical (unpaired) electrons. The third kappa shape index (κ3) is 3.66. The van der Waals surface area contributed by atoms with Crippen LogP contribution in [0.25, 0.3) is 0 Å². The average molecular weight is 299 g/mol. The van der Waals surface area contributed by atoms with Crippen molar-refractivity contribution in [2.75, 3.05) is 5.75 Å². The lowest BCUT2D eigenvalue weighted by molar-refractivity contribution is 0.204. The lowest BCUT2D eigenvalue weighted by atomic mass is 10.1. The first-order valence-electron chi connectivity index (χ1n) is 5.47. The Kier molecular flexibility index (Phi) is 4.95. The molecule has 18 heavy (non-hydrogen) atoms. The van der Waals surface area contributed by atoms with E-state index in [1.807, 2.05) is 42.5 Å². The van der Waals surface area contributed by atoms with E-state index in [-0.39, 0.29) is 0 Å². The quantitative estimate of drug-likeness (QED) is 0.817. The van der Waals surface area contributed by atoms with Crippen LogP contribution in [0, 0.1) is 0 Å². The summed E-state index contributed by atoms with van der Waals surface area (Å²) in [5, 5.41) is 11.1.